The standard InChI is InChI=1S/C17H21N3O3/c21-17(22)18-11-13-6-8-20(9-7-13)12-15-10-16(19-23-15)14-4-2-1-3-5-14/h1-5,10,13,18H,6-9,11-12H2,(H,21,22). The summed E-state index contributed by atoms with van der Waals surface area (Å²) in [6.45, 7) is 3.20. The van der Waals surface area contributed by atoms with Crippen LogP contribution in [0.3, 0.4) is 0 Å². The van der Waals surface area contributed by atoms with Crippen molar-refractivity contribution < 1.29 is 14.4 Å². The van der Waals surface area contributed by atoms with E-state index in [1.165, 1.54) is 0 Å². The molecule has 1 amide bonds. The van der Waals surface area contributed by atoms with Gasteiger partial charge >= 0.3 is 6.09 Å². The molecule has 0 spiro atoms. The van der Waals surface area contributed by atoms with E-state index in [0.29, 0.717) is 12.5 Å². The number of likely N-dealkylation sites (tertiary alicyclic amines) is 1. The van der Waals surface area contributed by atoms with Gasteiger partial charge in [-0.1, -0.05) is 35.5 Å². The van der Waals surface area contributed by atoms with Crippen molar-refractivity contribution in [3.8, 4) is 11.3 Å². The van der Waals surface area contributed by atoms with Crippen molar-refractivity contribution in [2.45, 2.75) is 19.4 Å². The number of rotatable bonds is 5. The number of hydrogen-bond acceptors (Lipinski definition) is 4. The molecule has 1 aliphatic rings. The van der Waals surface area contributed by atoms with E-state index in [9.17, 15) is 4.79 Å². The van der Waals surface area contributed by atoms with Crippen LogP contribution in [0, 0.1) is 5.92 Å². The van der Waals surface area contributed by atoms with Gasteiger partial charge in [-0.25, -0.2) is 4.79 Å². The van der Waals surface area contributed by atoms with Crippen molar-refractivity contribution in [1.29, 1.82) is 0 Å². The third kappa shape index (κ3) is 4.32. The maximum atomic E-state index is 10.5. The lowest BCUT2D eigenvalue weighted by molar-refractivity contribution is 0.155. The van der Waals surface area contributed by atoms with Crippen LogP contribution in [0.25, 0.3) is 11.3 Å². The molecule has 3 rings (SSSR count). The summed E-state index contributed by atoms with van der Waals surface area (Å²) in [6, 6.07) is 12.0. The fraction of sp³-hybridized carbons (Fsp3) is 0.412. The van der Waals surface area contributed by atoms with Gasteiger partial charge in [0.25, 0.3) is 0 Å². The van der Waals surface area contributed by atoms with Gasteiger partial charge < -0.3 is 14.9 Å². The summed E-state index contributed by atoms with van der Waals surface area (Å²) in [4.78, 5) is 12.9. The highest BCUT2D eigenvalue weighted by atomic mass is 16.5. The average molecular weight is 315 g/mol. The van der Waals surface area contributed by atoms with Crippen LogP contribution in [0.1, 0.15) is 18.6 Å². The second-order valence-electron chi connectivity index (χ2n) is 5.95. The molecule has 2 aromatic rings. The summed E-state index contributed by atoms with van der Waals surface area (Å²) in [7, 11) is 0. The Morgan fingerprint density at radius 1 is 1.30 bits per heavy atom. The summed E-state index contributed by atoms with van der Waals surface area (Å²) in [5.41, 5.74) is 1.92. The Labute approximate surface area is 135 Å². The normalized spacial score (nSPS) is 16.3. The van der Waals surface area contributed by atoms with Crippen molar-refractivity contribution in [1.82, 2.24) is 15.4 Å². The van der Waals surface area contributed by atoms with Crippen LogP contribution in [0.4, 0.5) is 4.79 Å². The zero-order valence-electron chi connectivity index (χ0n) is 12.9. The van der Waals surface area contributed by atoms with E-state index in [1.54, 1.807) is 0 Å². The van der Waals surface area contributed by atoms with Gasteiger partial charge in [-0.2, -0.15) is 0 Å². The first-order valence-corrected chi connectivity index (χ1v) is 7.91. The molecule has 1 aromatic heterocycles. The highest BCUT2D eigenvalue weighted by Crippen LogP contribution is 2.22. The molecule has 6 nitrogen and oxygen atoms in total. The van der Waals surface area contributed by atoms with Crippen LogP contribution in [0.2, 0.25) is 0 Å². The molecule has 0 aliphatic carbocycles. The number of nitrogens with zero attached hydrogens (tertiary/aromatic N) is 2. The lowest BCUT2D eigenvalue weighted by Crippen LogP contribution is -2.37. The van der Waals surface area contributed by atoms with Gasteiger partial charge in [0.1, 0.15) is 5.69 Å². The summed E-state index contributed by atoms with van der Waals surface area (Å²) >= 11 is 0. The van der Waals surface area contributed by atoms with Gasteiger partial charge in [-0.15, -0.1) is 0 Å². The SMILES string of the molecule is O=C(O)NCC1CCN(Cc2cc(-c3ccccc3)no2)CC1. The molecule has 6 heteroatoms. The monoisotopic (exact) mass is 315 g/mol. The molecular weight excluding hydrogens is 294 g/mol. The zero-order chi connectivity index (χ0) is 16.1. The minimum atomic E-state index is -0.942. The van der Waals surface area contributed by atoms with Crippen LogP contribution >= 0.6 is 0 Å². The number of hydrogen-bond donors (Lipinski definition) is 2. The minimum Gasteiger partial charge on any atom is -0.465 e. The van der Waals surface area contributed by atoms with Gasteiger partial charge in [0, 0.05) is 18.2 Å². The fourth-order valence-electron chi connectivity index (χ4n) is 2.93. The maximum Gasteiger partial charge on any atom is 0.404 e. The van der Waals surface area contributed by atoms with E-state index in [1.807, 2.05) is 36.4 Å². The van der Waals surface area contributed by atoms with Gasteiger partial charge in [-0.05, 0) is 31.8 Å². The first-order valence-electron chi connectivity index (χ1n) is 7.91. The van der Waals surface area contributed by atoms with Gasteiger partial charge in [-0.3, -0.25) is 4.90 Å². The molecular formula is C17H21N3O3. The number of aromatic nitrogens is 1. The molecule has 2 N–H and O–H groups in total. The second kappa shape index (κ2) is 7.28. The van der Waals surface area contributed by atoms with Gasteiger partial charge in [0.2, 0.25) is 0 Å². The number of piperidine rings is 1. The van der Waals surface area contributed by atoms with Crippen molar-refractivity contribution in [3.05, 3.63) is 42.2 Å². The van der Waals surface area contributed by atoms with E-state index in [-0.39, 0.29) is 0 Å². The number of carboxylic acid groups (broad SMARTS) is 1. The molecule has 0 unspecified atom stereocenters. The van der Waals surface area contributed by atoms with Crippen LogP contribution in [0.15, 0.2) is 40.9 Å². The predicted molar refractivity (Wildman–Crippen MR) is 86.0 cm³/mol. The third-order valence-electron chi connectivity index (χ3n) is 4.26. The van der Waals surface area contributed by atoms with Gasteiger partial charge in [0.05, 0.1) is 6.54 Å². The smallest absolute Gasteiger partial charge is 0.404 e. The molecule has 1 aliphatic heterocycles. The topological polar surface area (TPSA) is 78.6 Å². The summed E-state index contributed by atoms with van der Waals surface area (Å²) < 4.78 is 5.45. The second-order valence-corrected chi connectivity index (χ2v) is 5.95. The van der Waals surface area contributed by atoms with E-state index in [2.05, 4.69) is 15.4 Å². The third-order valence-corrected chi connectivity index (χ3v) is 4.26. The lowest BCUT2D eigenvalue weighted by Gasteiger charge is -2.30. The van der Waals surface area contributed by atoms with E-state index in [0.717, 1.165) is 49.5 Å². The Morgan fingerprint density at radius 2 is 2.04 bits per heavy atom. The number of carbonyl (C=O) groups is 1. The van der Waals surface area contributed by atoms with Crippen molar-refractivity contribution >= 4 is 6.09 Å². The maximum absolute atomic E-state index is 10.5. The Balaban J connectivity index is 1.50. The van der Waals surface area contributed by atoms with Crippen molar-refractivity contribution in [3.63, 3.8) is 0 Å². The van der Waals surface area contributed by atoms with E-state index < -0.39 is 6.09 Å². The van der Waals surface area contributed by atoms with Crippen LogP contribution in [-0.4, -0.2) is 40.9 Å². The zero-order valence-corrected chi connectivity index (χ0v) is 12.9. The Kier molecular flexibility index (Phi) is 4.92. The molecule has 0 radical (unpaired) electrons. The molecule has 1 fully saturated rings. The number of amides is 1. The first-order chi connectivity index (χ1) is 11.2. The highest BCUT2D eigenvalue weighted by molar-refractivity contribution is 5.64. The first kappa shape index (κ1) is 15.6. The van der Waals surface area contributed by atoms with Crippen molar-refractivity contribution in [2.24, 2.45) is 5.92 Å². The van der Waals surface area contributed by atoms with E-state index >= 15 is 0 Å². The van der Waals surface area contributed by atoms with Crippen molar-refractivity contribution in [2.75, 3.05) is 19.6 Å². The number of nitrogens with one attached hydrogen (secondary N) is 1. The van der Waals surface area contributed by atoms with Gasteiger partial charge in [0.15, 0.2) is 5.76 Å². The Morgan fingerprint density at radius 3 is 2.74 bits per heavy atom. The largest absolute Gasteiger partial charge is 0.465 e. The molecule has 0 saturated carbocycles. The van der Waals surface area contributed by atoms with Crippen LogP contribution in [-0.2, 0) is 6.54 Å². The molecule has 0 bridgehead atoms. The Bertz CT molecular complexity index is 634. The van der Waals surface area contributed by atoms with Crippen LogP contribution < -0.4 is 5.32 Å². The lowest BCUT2D eigenvalue weighted by atomic mass is 9.97. The fourth-order valence-corrected chi connectivity index (χ4v) is 2.93. The van der Waals surface area contributed by atoms with Crippen LogP contribution in [0.5, 0.6) is 0 Å². The molecule has 1 saturated heterocycles. The molecule has 23 heavy (non-hydrogen) atoms. The highest BCUT2D eigenvalue weighted by Gasteiger charge is 2.21. The summed E-state index contributed by atoms with van der Waals surface area (Å²) in [5.74, 6) is 1.29. The number of benzene rings is 1. The minimum absolute atomic E-state index is 0.428. The van der Waals surface area contributed by atoms with E-state index in [4.69, 9.17) is 9.63 Å². The predicted octanol–water partition coefficient (Wildman–Crippen LogP) is 2.82. The quantitative estimate of drug-likeness (QED) is 0.887. The molecule has 122 valence electrons. The molecule has 2 heterocycles. The summed E-state index contributed by atoms with van der Waals surface area (Å²) in [6.07, 6.45) is 1.06. The molecule has 0 atom stereocenters. The molecule has 1 aromatic carbocycles. The summed E-state index contributed by atoms with van der Waals surface area (Å²) in [5, 5.41) is 15.3. The Hall–Kier alpha value is -2.34. The average Bonchev–Trinajstić information content (AvgIpc) is 3.03.